The molecule has 1 aliphatic rings. The third kappa shape index (κ3) is 5.27. The van der Waals surface area contributed by atoms with Gasteiger partial charge in [-0.1, -0.05) is 41.0 Å². The number of alkyl halides is 1. The molecule has 5 rings (SSSR count). The molecule has 37 heavy (non-hydrogen) atoms. The number of nitriles is 1. The molecule has 0 saturated carbocycles. The van der Waals surface area contributed by atoms with Crippen molar-refractivity contribution in [3.8, 4) is 17.5 Å². The van der Waals surface area contributed by atoms with E-state index in [4.69, 9.17) is 16.1 Å². The van der Waals surface area contributed by atoms with Crippen LogP contribution in [-0.4, -0.2) is 33.8 Å². The fourth-order valence-corrected chi connectivity index (χ4v) is 5.58. The first-order chi connectivity index (χ1) is 17.7. The van der Waals surface area contributed by atoms with E-state index in [1.807, 2.05) is 42.5 Å². The summed E-state index contributed by atoms with van der Waals surface area (Å²) in [4.78, 5) is 6.27. The standard InChI is InChI=1S/C29H25ClF2N4O/c1-29(2,32)26(21-11-22(13-25(31)12-21)28-34-17-37-35-28)23-15-36(16-23)27(19-6-8-24(30)9-7-19)20-5-3-4-18(10-20)14-33/h3-13,17,23,26-27H,15-16H2,1-2H3/t26-,27?/m1/s1. The monoisotopic (exact) mass is 518 g/mol. The minimum absolute atomic E-state index is 0.0612. The molecule has 0 aliphatic carbocycles. The fraction of sp³-hybridized carbons (Fsp3) is 0.276. The largest absolute Gasteiger partial charge is 0.342 e. The molecule has 0 radical (unpaired) electrons. The van der Waals surface area contributed by atoms with Crippen molar-refractivity contribution >= 4 is 11.6 Å². The first-order valence-electron chi connectivity index (χ1n) is 12.0. The molecule has 1 aliphatic heterocycles. The first kappa shape index (κ1) is 25.1. The fourth-order valence-electron chi connectivity index (χ4n) is 5.46. The predicted molar refractivity (Wildman–Crippen MR) is 137 cm³/mol. The van der Waals surface area contributed by atoms with Gasteiger partial charge >= 0.3 is 0 Å². The topological polar surface area (TPSA) is 66.0 Å². The number of aromatic nitrogens is 2. The SMILES string of the molecule is CC(C)(F)[C@H](c1cc(F)cc(-c2ncon2)c1)C1CN(C(c2ccc(Cl)cc2)c2cccc(C#N)c2)C1. The van der Waals surface area contributed by atoms with Crippen LogP contribution in [0.2, 0.25) is 5.02 Å². The second-order valence-electron chi connectivity index (χ2n) is 9.98. The van der Waals surface area contributed by atoms with Crippen molar-refractivity contribution in [1.29, 1.82) is 5.26 Å². The van der Waals surface area contributed by atoms with Crippen LogP contribution in [0.4, 0.5) is 8.78 Å². The first-order valence-corrected chi connectivity index (χ1v) is 12.4. The summed E-state index contributed by atoms with van der Waals surface area (Å²) in [6.07, 6.45) is 1.18. The zero-order chi connectivity index (χ0) is 26.2. The average Bonchev–Trinajstić information content (AvgIpc) is 3.38. The molecule has 2 atom stereocenters. The van der Waals surface area contributed by atoms with E-state index in [1.54, 1.807) is 12.1 Å². The van der Waals surface area contributed by atoms with Crippen LogP contribution in [0.1, 0.15) is 48.1 Å². The molecule has 0 spiro atoms. The quantitative estimate of drug-likeness (QED) is 0.265. The van der Waals surface area contributed by atoms with Crippen molar-refractivity contribution in [3.63, 3.8) is 0 Å². The van der Waals surface area contributed by atoms with Crippen LogP contribution in [0.15, 0.2) is 77.6 Å². The summed E-state index contributed by atoms with van der Waals surface area (Å²) >= 11 is 6.14. The van der Waals surface area contributed by atoms with E-state index in [9.17, 15) is 9.65 Å². The highest BCUT2D eigenvalue weighted by Crippen LogP contribution is 2.46. The summed E-state index contributed by atoms with van der Waals surface area (Å²) in [6, 6.07) is 21.7. The van der Waals surface area contributed by atoms with Gasteiger partial charge in [-0.15, -0.1) is 0 Å². The molecule has 3 aromatic carbocycles. The van der Waals surface area contributed by atoms with E-state index in [0.717, 1.165) is 11.1 Å². The maximum absolute atomic E-state index is 15.7. The smallest absolute Gasteiger partial charge is 0.214 e. The van der Waals surface area contributed by atoms with Crippen LogP contribution >= 0.6 is 11.6 Å². The maximum atomic E-state index is 15.7. The Kier molecular flexibility index (Phi) is 6.80. The maximum Gasteiger partial charge on any atom is 0.214 e. The Morgan fingerprint density at radius 2 is 1.81 bits per heavy atom. The molecule has 0 bridgehead atoms. The van der Waals surface area contributed by atoms with E-state index >= 15 is 4.39 Å². The normalized spacial score (nSPS) is 16.1. The van der Waals surface area contributed by atoms with Gasteiger partial charge in [-0.3, -0.25) is 4.90 Å². The molecular formula is C29H25ClF2N4O. The molecule has 1 unspecified atom stereocenters. The number of likely N-dealkylation sites (tertiary alicyclic amines) is 1. The number of rotatable bonds is 7. The molecule has 1 fully saturated rings. The molecule has 1 aromatic heterocycles. The predicted octanol–water partition coefficient (Wildman–Crippen LogP) is 6.95. The minimum atomic E-state index is -1.60. The lowest BCUT2D eigenvalue weighted by molar-refractivity contribution is 0.00814. The molecule has 2 heterocycles. The zero-order valence-electron chi connectivity index (χ0n) is 20.4. The highest BCUT2D eigenvalue weighted by Gasteiger charge is 2.45. The van der Waals surface area contributed by atoms with Crippen LogP contribution < -0.4 is 0 Å². The lowest BCUT2D eigenvalue weighted by Gasteiger charge is -2.50. The summed E-state index contributed by atoms with van der Waals surface area (Å²) in [5.41, 5.74) is 1.98. The van der Waals surface area contributed by atoms with Gasteiger partial charge in [-0.05, 0) is 78.9 Å². The molecule has 188 valence electrons. The summed E-state index contributed by atoms with van der Waals surface area (Å²) < 4.78 is 35.2. The van der Waals surface area contributed by atoms with Gasteiger partial charge in [0.15, 0.2) is 0 Å². The Bertz CT molecular complexity index is 1420. The second kappa shape index (κ2) is 10.0. The molecule has 0 N–H and O–H groups in total. The summed E-state index contributed by atoms with van der Waals surface area (Å²) in [5.74, 6) is -0.836. The van der Waals surface area contributed by atoms with E-state index in [0.29, 0.717) is 34.8 Å². The van der Waals surface area contributed by atoms with Crippen molar-refractivity contribution in [2.24, 2.45) is 5.92 Å². The number of nitrogens with zero attached hydrogens (tertiary/aromatic N) is 4. The van der Waals surface area contributed by atoms with Crippen LogP contribution in [0, 0.1) is 23.1 Å². The lowest BCUT2D eigenvalue weighted by Crippen LogP contribution is -2.53. The van der Waals surface area contributed by atoms with E-state index in [1.165, 1.54) is 32.4 Å². The van der Waals surface area contributed by atoms with Crippen LogP contribution in [0.25, 0.3) is 11.4 Å². The highest BCUT2D eigenvalue weighted by atomic mass is 35.5. The highest BCUT2D eigenvalue weighted by molar-refractivity contribution is 6.30. The Labute approximate surface area is 219 Å². The van der Waals surface area contributed by atoms with E-state index in [-0.39, 0.29) is 17.8 Å². The summed E-state index contributed by atoms with van der Waals surface area (Å²) in [6.45, 7) is 4.25. The minimum Gasteiger partial charge on any atom is -0.342 e. The van der Waals surface area contributed by atoms with Crippen LogP contribution in [-0.2, 0) is 0 Å². The van der Waals surface area contributed by atoms with Crippen LogP contribution in [0.3, 0.4) is 0 Å². The Morgan fingerprint density at radius 1 is 1.05 bits per heavy atom. The number of hydrogen-bond acceptors (Lipinski definition) is 5. The zero-order valence-corrected chi connectivity index (χ0v) is 21.2. The molecule has 5 nitrogen and oxygen atoms in total. The molecule has 8 heteroatoms. The van der Waals surface area contributed by atoms with Gasteiger partial charge in [0.25, 0.3) is 0 Å². The van der Waals surface area contributed by atoms with Gasteiger partial charge in [-0.2, -0.15) is 10.2 Å². The van der Waals surface area contributed by atoms with Crippen molar-refractivity contribution in [2.75, 3.05) is 13.1 Å². The summed E-state index contributed by atoms with van der Waals surface area (Å²) in [5, 5.41) is 13.9. The van der Waals surface area contributed by atoms with Crippen LogP contribution in [0.5, 0.6) is 0 Å². The number of hydrogen-bond donors (Lipinski definition) is 0. The second-order valence-corrected chi connectivity index (χ2v) is 10.4. The Morgan fingerprint density at radius 3 is 2.46 bits per heavy atom. The van der Waals surface area contributed by atoms with Crippen molar-refractivity contribution in [1.82, 2.24) is 15.0 Å². The Balaban J connectivity index is 1.47. The van der Waals surface area contributed by atoms with E-state index < -0.39 is 17.4 Å². The molecule has 1 saturated heterocycles. The number of halogens is 3. The number of benzene rings is 3. The van der Waals surface area contributed by atoms with Gasteiger partial charge in [0.05, 0.1) is 17.7 Å². The Hall–Kier alpha value is -3.60. The third-order valence-corrected chi connectivity index (χ3v) is 7.18. The van der Waals surface area contributed by atoms with Gasteiger partial charge in [-0.25, -0.2) is 8.78 Å². The van der Waals surface area contributed by atoms with Crippen molar-refractivity contribution in [3.05, 3.63) is 106 Å². The average molecular weight is 519 g/mol. The van der Waals surface area contributed by atoms with Gasteiger partial charge < -0.3 is 4.52 Å². The molecule has 4 aromatic rings. The van der Waals surface area contributed by atoms with Crippen molar-refractivity contribution in [2.45, 2.75) is 31.5 Å². The third-order valence-electron chi connectivity index (χ3n) is 6.93. The van der Waals surface area contributed by atoms with Gasteiger partial charge in [0, 0.05) is 29.6 Å². The molecular weight excluding hydrogens is 494 g/mol. The lowest BCUT2D eigenvalue weighted by atomic mass is 9.72. The van der Waals surface area contributed by atoms with Gasteiger partial charge in [0.2, 0.25) is 12.2 Å². The van der Waals surface area contributed by atoms with Gasteiger partial charge in [0.1, 0.15) is 11.5 Å². The van der Waals surface area contributed by atoms with E-state index in [2.05, 4.69) is 21.1 Å². The summed E-state index contributed by atoms with van der Waals surface area (Å²) in [7, 11) is 0. The molecule has 0 amide bonds. The van der Waals surface area contributed by atoms with Crippen molar-refractivity contribution < 1.29 is 13.3 Å².